The van der Waals surface area contributed by atoms with Crippen molar-refractivity contribution in [2.24, 2.45) is 11.0 Å². The standard InChI is InChI=1S/C17H22N2O5/c1-10-7-15(21)18-19-16(10)13-5-6-14(23-8-11(2)20)12(3)17(13)24-9-22-4/h5-6,10H,7-9H2,1-4H3,(H,18,21). The molecule has 7 nitrogen and oxygen atoms in total. The molecule has 1 amide bonds. The molecule has 2 rings (SSSR count). The monoisotopic (exact) mass is 334 g/mol. The van der Waals surface area contributed by atoms with E-state index in [9.17, 15) is 9.59 Å². The summed E-state index contributed by atoms with van der Waals surface area (Å²) >= 11 is 0. The molecule has 1 atom stereocenters. The molecule has 24 heavy (non-hydrogen) atoms. The van der Waals surface area contributed by atoms with E-state index < -0.39 is 0 Å². The summed E-state index contributed by atoms with van der Waals surface area (Å²) in [4.78, 5) is 22.6. The summed E-state index contributed by atoms with van der Waals surface area (Å²) in [6.45, 7) is 5.31. The Labute approximate surface area is 141 Å². The van der Waals surface area contributed by atoms with Crippen LogP contribution in [0.3, 0.4) is 0 Å². The molecular formula is C17H22N2O5. The van der Waals surface area contributed by atoms with E-state index in [0.717, 1.165) is 16.8 Å². The topological polar surface area (TPSA) is 86.2 Å². The number of hydrogen-bond donors (Lipinski definition) is 1. The Morgan fingerprint density at radius 2 is 2.12 bits per heavy atom. The summed E-state index contributed by atoms with van der Waals surface area (Å²) in [5.74, 6) is 0.925. The van der Waals surface area contributed by atoms with Gasteiger partial charge in [-0.1, -0.05) is 6.92 Å². The molecule has 0 saturated heterocycles. The van der Waals surface area contributed by atoms with Gasteiger partial charge in [0.25, 0.3) is 0 Å². The summed E-state index contributed by atoms with van der Waals surface area (Å²) in [5, 5.41) is 4.18. The van der Waals surface area contributed by atoms with Crippen LogP contribution in [-0.2, 0) is 14.3 Å². The van der Waals surface area contributed by atoms with Gasteiger partial charge in [-0.2, -0.15) is 5.10 Å². The Morgan fingerprint density at radius 3 is 2.75 bits per heavy atom. The molecule has 1 aliphatic rings. The largest absolute Gasteiger partial charge is 0.485 e. The van der Waals surface area contributed by atoms with Gasteiger partial charge in [-0.3, -0.25) is 9.59 Å². The first-order valence-corrected chi connectivity index (χ1v) is 7.68. The number of Topliss-reactive ketones (excluding diaryl/α,β-unsaturated/α-hetero) is 1. The van der Waals surface area contributed by atoms with Crippen LogP contribution in [0.4, 0.5) is 0 Å². The molecule has 0 aliphatic carbocycles. The number of nitrogens with one attached hydrogen (secondary N) is 1. The molecule has 0 spiro atoms. The van der Waals surface area contributed by atoms with Crippen molar-refractivity contribution in [3.8, 4) is 11.5 Å². The van der Waals surface area contributed by atoms with Crippen LogP contribution < -0.4 is 14.9 Å². The number of methoxy groups -OCH3 is 1. The molecule has 130 valence electrons. The smallest absolute Gasteiger partial charge is 0.240 e. The fourth-order valence-electron chi connectivity index (χ4n) is 2.49. The first-order valence-electron chi connectivity index (χ1n) is 7.68. The number of carbonyl (C=O) groups excluding carboxylic acids is 2. The second kappa shape index (κ2) is 7.92. The number of rotatable bonds is 7. The number of ketones is 1. The van der Waals surface area contributed by atoms with E-state index in [4.69, 9.17) is 14.2 Å². The van der Waals surface area contributed by atoms with Gasteiger partial charge in [0, 0.05) is 30.6 Å². The quantitative estimate of drug-likeness (QED) is 0.769. The van der Waals surface area contributed by atoms with Gasteiger partial charge < -0.3 is 14.2 Å². The van der Waals surface area contributed by atoms with Crippen LogP contribution in [-0.4, -0.2) is 37.9 Å². The van der Waals surface area contributed by atoms with Gasteiger partial charge in [0.1, 0.15) is 18.1 Å². The Morgan fingerprint density at radius 1 is 1.38 bits per heavy atom. The normalized spacial score (nSPS) is 17.1. The number of ether oxygens (including phenoxy) is 3. The molecule has 1 aromatic rings. The highest BCUT2D eigenvalue weighted by Gasteiger charge is 2.26. The van der Waals surface area contributed by atoms with Crippen molar-refractivity contribution in [1.82, 2.24) is 5.43 Å². The Bertz CT molecular complexity index is 669. The predicted octanol–water partition coefficient (Wildman–Crippen LogP) is 1.81. The molecule has 0 radical (unpaired) electrons. The fourth-order valence-corrected chi connectivity index (χ4v) is 2.49. The van der Waals surface area contributed by atoms with E-state index in [2.05, 4.69) is 10.5 Å². The van der Waals surface area contributed by atoms with Crippen LogP contribution in [0.1, 0.15) is 31.4 Å². The zero-order chi connectivity index (χ0) is 17.7. The van der Waals surface area contributed by atoms with Crippen molar-refractivity contribution in [3.05, 3.63) is 23.3 Å². The van der Waals surface area contributed by atoms with E-state index in [1.165, 1.54) is 14.0 Å². The summed E-state index contributed by atoms with van der Waals surface area (Å²) in [7, 11) is 1.53. The van der Waals surface area contributed by atoms with E-state index in [1.54, 1.807) is 6.07 Å². The second-order valence-electron chi connectivity index (χ2n) is 5.74. The van der Waals surface area contributed by atoms with E-state index in [1.807, 2.05) is 19.9 Å². The third-order valence-corrected chi connectivity index (χ3v) is 3.64. The van der Waals surface area contributed by atoms with E-state index in [0.29, 0.717) is 17.9 Å². The number of benzene rings is 1. The summed E-state index contributed by atoms with van der Waals surface area (Å²) < 4.78 is 16.2. The molecule has 0 fully saturated rings. The molecule has 1 N–H and O–H groups in total. The molecule has 1 aromatic carbocycles. The molecular weight excluding hydrogens is 312 g/mol. The Balaban J connectivity index is 2.41. The lowest BCUT2D eigenvalue weighted by molar-refractivity contribution is -0.122. The molecule has 1 heterocycles. The first kappa shape index (κ1) is 17.9. The maximum atomic E-state index is 11.5. The van der Waals surface area contributed by atoms with Crippen molar-refractivity contribution in [3.63, 3.8) is 0 Å². The first-order chi connectivity index (χ1) is 11.4. The molecule has 7 heteroatoms. The van der Waals surface area contributed by atoms with Crippen LogP contribution in [0.5, 0.6) is 11.5 Å². The van der Waals surface area contributed by atoms with Gasteiger partial charge >= 0.3 is 0 Å². The molecule has 1 aliphatic heterocycles. The van der Waals surface area contributed by atoms with Crippen molar-refractivity contribution in [2.45, 2.75) is 27.2 Å². The zero-order valence-electron chi connectivity index (χ0n) is 14.3. The average molecular weight is 334 g/mol. The van der Waals surface area contributed by atoms with E-state index in [-0.39, 0.29) is 31.0 Å². The van der Waals surface area contributed by atoms with Gasteiger partial charge in [-0.05, 0) is 26.0 Å². The highest BCUT2D eigenvalue weighted by Crippen LogP contribution is 2.34. The minimum Gasteiger partial charge on any atom is -0.485 e. The van der Waals surface area contributed by atoms with Crippen LogP contribution in [0, 0.1) is 12.8 Å². The number of nitrogens with zero attached hydrogens (tertiary/aromatic N) is 1. The third-order valence-electron chi connectivity index (χ3n) is 3.64. The predicted molar refractivity (Wildman–Crippen MR) is 88.3 cm³/mol. The lowest BCUT2D eigenvalue weighted by atomic mass is 9.92. The lowest BCUT2D eigenvalue weighted by Gasteiger charge is -2.23. The minimum atomic E-state index is -0.108. The highest BCUT2D eigenvalue weighted by atomic mass is 16.7. The summed E-state index contributed by atoms with van der Waals surface area (Å²) in [6.07, 6.45) is 0.365. The van der Waals surface area contributed by atoms with Gasteiger partial charge in [0.15, 0.2) is 12.6 Å². The Kier molecular flexibility index (Phi) is 5.92. The second-order valence-corrected chi connectivity index (χ2v) is 5.74. The number of amides is 1. The zero-order valence-corrected chi connectivity index (χ0v) is 14.3. The lowest BCUT2D eigenvalue weighted by Crippen LogP contribution is -2.32. The summed E-state index contributed by atoms with van der Waals surface area (Å²) in [5.41, 5.74) is 4.76. The maximum Gasteiger partial charge on any atom is 0.240 e. The van der Waals surface area contributed by atoms with E-state index >= 15 is 0 Å². The number of hydrogen-bond acceptors (Lipinski definition) is 6. The molecule has 0 saturated carbocycles. The van der Waals surface area contributed by atoms with Crippen LogP contribution >= 0.6 is 0 Å². The van der Waals surface area contributed by atoms with Gasteiger partial charge in [-0.25, -0.2) is 5.43 Å². The SMILES string of the molecule is COCOc1c(C2=NNC(=O)CC2C)ccc(OCC(C)=O)c1C. The summed E-state index contributed by atoms with van der Waals surface area (Å²) in [6, 6.07) is 3.60. The van der Waals surface area contributed by atoms with Gasteiger partial charge in [-0.15, -0.1) is 0 Å². The minimum absolute atomic E-state index is 0.00267. The molecule has 1 unspecified atom stereocenters. The van der Waals surface area contributed by atoms with Crippen molar-refractivity contribution < 1.29 is 23.8 Å². The maximum absolute atomic E-state index is 11.5. The van der Waals surface area contributed by atoms with Crippen LogP contribution in [0.15, 0.2) is 17.2 Å². The van der Waals surface area contributed by atoms with Crippen molar-refractivity contribution in [2.75, 3.05) is 20.5 Å². The van der Waals surface area contributed by atoms with Crippen molar-refractivity contribution in [1.29, 1.82) is 0 Å². The van der Waals surface area contributed by atoms with Gasteiger partial charge in [0.05, 0.1) is 5.71 Å². The van der Waals surface area contributed by atoms with Gasteiger partial charge in [0.2, 0.25) is 5.91 Å². The fraction of sp³-hybridized carbons (Fsp3) is 0.471. The third kappa shape index (κ3) is 4.11. The van der Waals surface area contributed by atoms with Crippen LogP contribution in [0.2, 0.25) is 0 Å². The average Bonchev–Trinajstić information content (AvgIpc) is 2.52. The highest BCUT2D eigenvalue weighted by molar-refractivity contribution is 6.07. The Hall–Kier alpha value is -2.41. The number of carbonyl (C=O) groups is 2. The number of hydrazone groups is 1. The molecule has 0 bridgehead atoms. The van der Waals surface area contributed by atoms with Crippen molar-refractivity contribution >= 4 is 17.4 Å². The molecule has 0 aromatic heterocycles. The van der Waals surface area contributed by atoms with Crippen LogP contribution in [0.25, 0.3) is 0 Å².